The molecule has 0 radical (unpaired) electrons. The summed E-state index contributed by atoms with van der Waals surface area (Å²) in [5.74, 6) is 0. The molecule has 0 fully saturated rings. The van der Waals surface area contributed by atoms with E-state index in [0.29, 0.717) is 12.8 Å². The van der Waals surface area contributed by atoms with Crippen molar-refractivity contribution in [3.63, 3.8) is 0 Å². The van der Waals surface area contributed by atoms with Crippen molar-refractivity contribution in [3.05, 3.63) is 71.8 Å². The van der Waals surface area contributed by atoms with E-state index >= 15 is 0 Å². The van der Waals surface area contributed by atoms with Crippen LogP contribution in [-0.2, 0) is 12.8 Å². The van der Waals surface area contributed by atoms with E-state index in [-0.39, 0.29) is 13.2 Å². The van der Waals surface area contributed by atoms with Crippen molar-refractivity contribution in [3.8, 4) is 0 Å². The van der Waals surface area contributed by atoms with Crippen molar-refractivity contribution in [1.29, 1.82) is 0 Å². The molecule has 0 spiro atoms. The predicted molar refractivity (Wildman–Crippen MR) is 101 cm³/mol. The average Bonchev–Trinajstić information content (AvgIpc) is 2.61. The van der Waals surface area contributed by atoms with Gasteiger partial charge in [-0.1, -0.05) is 60.7 Å². The number of hydrogen-bond acceptors (Lipinski definition) is 2. The van der Waals surface area contributed by atoms with Gasteiger partial charge in [0.25, 0.3) is 0 Å². The Morgan fingerprint density at radius 2 is 0.917 bits per heavy atom. The molecule has 0 saturated heterocycles. The molecule has 0 atom stereocenters. The van der Waals surface area contributed by atoms with Crippen LogP contribution in [0.4, 0.5) is 0 Å². The van der Waals surface area contributed by atoms with Gasteiger partial charge in [0.05, 0.1) is 0 Å². The van der Waals surface area contributed by atoms with Gasteiger partial charge >= 0.3 is 0 Å². The van der Waals surface area contributed by atoms with E-state index in [0.717, 1.165) is 11.1 Å². The van der Waals surface area contributed by atoms with Crippen molar-refractivity contribution in [1.82, 2.24) is 0 Å². The predicted octanol–water partition coefficient (Wildman–Crippen LogP) is 4.22. The molecule has 0 bridgehead atoms. The lowest BCUT2D eigenvalue weighted by Gasteiger charge is -2.10. The van der Waals surface area contributed by atoms with Gasteiger partial charge in [0.2, 0.25) is 0 Å². The second-order valence-corrected chi connectivity index (χ2v) is 6.28. The molecular formula is C22H20O2. The van der Waals surface area contributed by atoms with E-state index < -0.39 is 0 Å². The number of aliphatic hydroxyl groups excluding tert-OH is 2. The van der Waals surface area contributed by atoms with Crippen LogP contribution in [0.2, 0.25) is 0 Å². The molecule has 2 nitrogen and oxygen atoms in total. The monoisotopic (exact) mass is 316 g/mol. The number of benzene rings is 4. The van der Waals surface area contributed by atoms with Crippen LogP contribution < -0.4 is 0 Å². The topological polar surface area (TPSA) is 40.5 Å². The van der Waals surface area contributed by atoms with Gasteiger partial charge in [-0.25, -0.2) is 0 Å². The van der Waals surface area contributed by atoms with Crippen LogP contribution in [0.5, 0.6) is 0 Å². The zero-order valence-corrected chi connectivity index (χ0v) is 13.5. The summed E-state index contributed by atoms with van der Waals surface area (Å²) in [6.07, 6.45) is 1.36. The van der Waals surface area contributed by atoms with E-state index in [1.807, 2.05) is 0 Å². The SMILES string of the molecule is OCCc1ccc2ccc3c4cc(CCO)ccc4ccc3c2c1. The van der Waals surface area contributed by atoms with Crippen LogP contribution in [0.3, 0.4) is 0 Å². The summed E-state index contributed by atoms with van der Waals surface area (Å²) >= 11 is 0. The van der Waals surface area contributed by atoms with E-state index in [1.54, 1.807) is 0 Å². The summed E-state index contributed by atoms with van der Waals surface area (Å²) in [6, 6.07) is 21.5. The fraction of sp³-hybridized carbons (Fsp3) is 0.182. The maximum atomic E-state index is 9.21. The molecule has 0 amide bonds. The van der Waals surface area contributed by atoms with Crippen molar-refractivity contribution in [2.75, 3.05) is 13.2 Å². The lowest BCUT2D eigenvalue weighted by atomic mass is 9.94. The fourth-order valence-corrected chi connectivity index (χ4v) is 3.53. The Balaban J connectivity index is 2.03. The first-order valence-corrected chi connectivity index (χ1v) is 8.39. The molecule has 0 aromatic heterocycles. The van der Waals surface area contributed by atoms with E-state index in [9.17, 15) is 10.2 Å². The Morgan fingerprint density at radius 3 is 1.33 bits per heavy atom. The largest absolute Gasteiger partial charge is 0.396 e. The second kappa shape index (κ2) is 6.23. The Bertz CT molecular complexity index is 949. The highest BCUT2D eigenvalue weighted by molar-refractivity contribution is 6.17. The number of hydrogen-bond donors (Lipinski definition) is 2. The summed E-state index contributed by atoms with van der Waals surface area (Å²) in [5.41, 5.74) is 2.32. The first-order chi connectivity index (χ1) is 11.8. The summed E-state index contributed by atoms with van der Waals surface area (Å²) < 4.78 is 0. The van der Waals surface area contributed by atoms with Crippen LogP contribution in [-0.4, -0.2) is 23.4 Å². The quantitative estimate of drug-likeness (QED) is 0.554. The van der Waals surface area contributed by atoms with Crippen LogP contribution in [0, 0.1) is 0 Å². The van der Waals surface area contributed by atoms with Gasteiger partial charge in [0, 0.05) is 13.2 Å². The van der Waals surface area contributed by atoms with Crippen molar-refractivity contribution >= 4 is 32.3 Å². The maximum absolute atomic E-state index is 9.21. The van der Waals surface area contributed by atoms with Crippen molar-refractivity contribution in [2.45, 2.75) is 12.8 Å². The normalized spacial score (nSPS) is 11.6. The molecule has 2 N–H and O–H groups in total. The lowest BCUT2D eigenvalue weighted by Crippen LogP contribution is -1.91. The smallest absolute Gasteiger partial charge is 0.0471 e. The highest BCUT2D eigenvalue weighted by Crippen LogP contribution is 2.32. The Labute approximate surface area is 141 Å². The zero-order chi connectivity index (χ0) is 16.5. The van der Waals surface area contributed by atoms with Gasteiger partial charge in [0.15, 0.2) is 0 Å². The highest BCUT2D eigenvalue weighted by atomic mass is 16.3. The molecule has 0 aliphatic carbocycles. The van der Waals surface area contributed by atoms with E-state index in [2.05, 4.69) is 60.7 Å². The van der Waals surface area contributed by atoms with Crippen molar-refractivity contribution in [2.24, 2.45) is 0 Å². The molecule has 4 aromatic rings. The molecule has 2 heteroatoms. The summed E-state index contributed by atoms with van der Waals surface area (Å²) in [5, 5.41) is 25.8. The number of fused-ring (bicyclic) bond motifs is 5. The third-order valence-electron chi connectivity index (χ3n) is 4.77. The molecule has 0 saturated carbocycles. The molecule has 4 rings (SSSR count). The maximum Gasteiger partial charge on any atom is 0.0471 e. The van der Waals surface area contributed by atoms with Gasteiger partial charge in [-0.2, -0.15) is 0 Å². The van der Waals surface area contributed by atoms with Crippen LogP contribution in [0.15, 0.2) is 60.7 Å². The Morgan fingerprint density at radius 1 is 0.500 bits per heavy atom. The molecular weight excluding hydrogens is 296 g/mol. The number of rotatable bonds is 4. The molecule has 24 heavy (non-hydrogen) atoms. The van der Waals surface area contributed by atoms with E-state index in [4.69, 9.17) is 0 Å². The fourth-order valence-electron chi connectivity index (χ4n) is 3.53. The average molecular weight is 316 g/mol. The molecule has 0 aliphatic heterocycles. The van der Waals surface area contributed by atoms with Crippen molar-refractivity contribution < 1.29 is 10.2 Å². The van der Waals surface area contributed by atoms with Gasteiger partial charge in [0.1, 0.15) is 0 Å². The Hall–Kier alpha value is -2.42. The third kappa shape index (κ3) is 2.54. The van der Waals surface area contributed by atoms with Gasteiger partial charge in [-0.3, -0.25) is 0 Å². The Kier molecular flexibility index (Phi) is 3.93. The molecule has 120 valence electrons. The van der Waals surface area contributed by atoms with Gasteiger partial charge < -0.3 is 10.2 Å². The minimum atomic E-state index is 0.170. The molecule has 4 aromatic carbocycles. The molecule has 0 unspecified atom stereocenters. The first kappa shape index (κ1) is 15.1. The minimum Gasteiger partial charge on any atom is -0.396 e. The molecule has 0 aliphatic rings. The van der Waals surface area contributed by atoms with Gasteiger partial charge in [-0.05, 0) is 56.3 Å². The van der Waals surface area contributed by atoms with Gasteiger partial charge in [-0.15, -0.1) is 0 Å². The first-order valence-electron chi connectivity index (χ1n) is 8.39. The standard InChI is InChI=1S/C22H20O2/c23-11-9-15-1-3-17-5-7-20-19(21(17)13-15)8-6-18-4-2-16(10-12-24)14-22(18)20/h1-8,13-14,23-24H,9-12H2. The molecule has 0 heterocycles. The number of aliphatic hydroxyl groups is 2. The zero-order valence-electron chi connectivity index (χ0n) is 13.5. The summed E-state index contributed by atoms with van der Waals surface area (Å²) in [6.45, 7) is 0.341. The third-order valence-corrected chi connectivity index (χ3v) is 4.77. The summed E-state index contributed by atoms with van der Waals surface area (Å²) in [7, 11) is 0. The second-order valence-electron chi connectivity index (χ2n) is 6.28. The van der Waals surface area contributed by atoms with Crippen LogP contribution >= 0.6 is 0 Å². The van der Waals surface area contributed by atoms with E-state index in [1.165, 1.54) is 32.3 Å². The minimum absolute atomic E-state index is 0.170. The lowest BCUT2D eigenvalue weighted by molar-refractivity contribution is 0.299. The van der Waals surface area contributed by atoms with Crippen LogP contribution in [0.1, 0.15) is 11.1 Å². The van der Waals surface area contributed by atoms with Crippen LogP contribution in [0.25, 0.3) is 32.3 Å². The summed E-state index contributed by atoms with van der Waals surface area (Å²) in [4.78, 5) is 0. The highest BCUT2D eigenvalue weighted by Gasteiger charge is 2.06.